The number of aromatic nitrogens is 1. The van der Waals surface area contributed by atoms with Gasteiger partial charge in [-0.1, -0.05) is 0 Å². The van der Waals surface area contributed by atoms with Crippen LogP contribution in [0.3, 0.4) is 0 Å². The molecule has 0 saturated carbocycles. The van der Waals surface area contributed by atoms with Gasteiger partial charge in [0.2, 0.25) is 0 Å². The zero-order valence-corrected chi connectivity index (χ0v) is 7.66. The normalized spacial score (nSPS) is 9.69. The second-order valence-corrected chi connectivity index (χ2v) is 2.48. The van der Waals surface area contributed by atoms with E-state index in [1.54, 1.807) is 18.3 Å². The minimum absolute atomic E-state index is 0.0266. The molecule has 13 heavy (non-hydrogen) atoms. The third kappa shape index (κ3) is 3.29. The van der Waals surface area contributed by atoms with E-state index in [0.717, 1.165) is 18.1 Å². The fourth-order valence-corrected chi connectivity index (χ4v) is 0.942. The van der Waals surface area contributed by atoms with Gasteiger partial charge in [0.15, 0.2) is 0 Å². The molecule has 0 amide bonds. The average molecular weight is 182 g/mol. The number of rotatable bonds is 5. The van der Waals surface area contributed by atoms with Crippen molar-refractivity contribution in [2.75, 3.05) is 25.1 Å². The molecule has 1 rings (SSSR count). The summed E-state index contributed by atoms with van der Waals surface area (Å²) < 4.78 is 5.21. The number of nitrogens with zero attached hydrogens (tertiary/aromatic N) is 1. The van der Waals surface area contributed by atoms with Gasteiger partial charge in [0.1, 0.15) is 18.2 Å². The molecule has 1 heterocycles. The molecule has 4 heteroatoms. The van der Waals surface area contributed by atoms with Crippen molar-refractivity contribution in [3.8, 4) is 5.75 Å². The highest BCUT2D eigenvalue weighted by Crippen LogP contribution is 2.13. The first-order chi connectivity index (χ1) is 6.36. The first-order valence-electron chi connectivity index (χ1n) is 4.30. The Morgan fingerprint density at radius 2 is 2.46 bits per heavy atom. The number of nitrogens with one attached hydrogen (secondary N) is 1. The summed E-state index contributed by atoms with van der Waals surface area (Å²) in [4.78, 5) is 4.08. The van der Waals surface area contributed by atoms with Crippen LogP contribution in [0.5, 0.6) is 5.75 Å². The topological polar surface area (TPSA) is 54.4 Å². The molecule has 72 valence electrons. The molecule has 0 aliphatic carbocycles. The smallest absolute Gasteiger partial charge is 0.129 e. The summed E-state index contributed by atoms with van der Waals surface area (Å²) in [5.41, 5.74) is 0. The van der Waals surface area contributed by atoms with Crippen LogP contribution in [0.2, 0.25) is 0 Å². The molecule has 1 aromatic heterocycles. The quantitative estimate of drug-likeness (QED) is 0.710. The summed E-state index contributed by atoms with van der Waals surface area (Å²) in [5.74, 6) is 1.51. The lowest BCUT2D eigenvalue weighted by atomic mass is 10.4. The lowest BCUT2D eigenvalue weighted by Gasteiger charge is -2.06. The highest BCUT2D eigenvalue weighted by molar-refractivity contribution is 5.40. The van der Waals surface area contributed by atoms with Crippen molar-refractivity contribution in [1.82, 2.24) is 4.98 Å². The fourth-order valence-electron chi connectivity index (χ4n) is 0.942. The van der Waals surface area contributed by atoms with Crippen LogP contribution in [0.1, 0.15) is 6.92 Å². The predicted octanol–water partition coefficient (Wildman–Crippen LogP) is 0.884. The van der Waals surface area contributed by atoms with E-state index in [4.69, 9.17) is 9.84 Å². The number of pyridine rings is 1. The van der Waals surface area contributed by atoms with Gasteiger partial charge >= 0.3 is 0 Å². The number of hydrogen-bond donors (Lipinski definition) is 2. The molecule has 0 unspecified atom stereocenters. The zero-order chi connectivity index (χ0) is 9.52. The van der Waals surface area contributed by atoms with Crippen LogP contribution >= 0.6 is 0 Å². The van der Waals surface area contributed by atoms with Crippen LogP contribution in [0.25, 0.3) is 0 Å². The number of anilines is 1. The number of hydrogen-bond acceptors (Lipinski definition) is 4. The largest absolute Gasteiger partial charge is 0.491 e. The maximum Gasteiger partial charge on any atom is 0.129 e. The van der Waals surface area contributed by atoms with E-state index in [0.29, 0.717) is 6.61 Å². The van der Waals surface area contributed by atoms with Crippen LogP contribution in [0, 0.1) is 0 Å². The SMILES string of the molecule is CCNc1cc(OCCO)ccn1. The molecule has 0 fully saturated rings. The highest BCUT2D eigenvalue weighted by atomic mass is 16.5. The molecule has 0 saturated heterocycles. The Balaban J connectivity index is 2.56. The van der Waals surface area contributed by atoms with Gasteiger partial charge in [0.05, 0.1) is 6.61 Å². The number of aliphatic hydroxyl groups is 1. The van der Waals surface area contributed by atoms with Crippen LogP contribution in [-0.4, -0.2) is 29.8 Å². The molecule has 0 spiro atoms. The Labute approximate surface area is 77.6 Å². The van der Waals surface area contributed by atoms with E-state index in [1.807, 2.05) is 6.92 Å². The van der Waals surface area contributed by atoms with Crippen molar-refractivity contribution in [3.05, 3.63) is 18.3 Å². The highest BCUT2D eigenvalue weighted by Gasteiger charge is 1.95. The van der Waals surface area contributed by atoms with E-state index in [9.17, 15) is 0 Å². The summed E-state index contributed by atoms with van der Waals surface area (Å²) in [7, 11) is 0. The van der Waals surface area contributed by atoms with Crippen molar-refractivity contribution < 1.29 is 9.84 Å². The lowest BCUT2D eigenvalue weighted by Crippen LogP contribution is -2.03. The standard InChI is InChI=1S/C9H14N2O2/c1-2-10-9-7-8(3-4-11-9)13-6-5-12/h3-4,7,12H,2,5-6H2,1H3,(H,10,11). The molecule has 4 nitrogen and oxygen atoms in total. The van der Waals surface area contributed by atoms with E-state index in [1.165, 1.54) is 0 Å². The van der Waals surface area contributed by atoms with E-state index in [2.05, 4.69) is 10.3 Å². The molecule has 0 atom stereocenters. The molecule has 1 aromatic rings. The Kier molecular flexibility index (Phi) is 4.05. The minimum atomic E-state index is 0.0266. The Hall–Kier alpha value is -1.29. The van der Waals surface area contributed by atoms with Crippen molar-refractivity contribution >= 4 is 5.82 Å². The summed E-state index contributed by atoms with van der Waals surface area (Å²) >= 11 is 0. The monoisotopic (exact) mass is 182 g/mol. The maximum absolute atomic E-state index is 8.54. The predicted molar refractivity (Wildman–Crippen MR) is 51.0 cm³/mol. The first kappa shape index (κ1) is 9.80. The van der Waals surface area contributed by atoms with Gasteiger partial charge < -0.3 is 15.2 Å². The molecule has 2 N–H and O–H groups in total. The second-order valence-electron chi connectivity index (χ2n) is 2.48. The van der Waals surface area contributed by atoms with Crippen molar-refractivity contribution in [2.45, 2.75) is 6.92 Å². The third-order valence-electron chi connectivity index (χ3n) is 1.45. The Morgan fingerprint density at radius 3 is 3.15 bits per heavy atom. The number of ether oxygens (including phenoxy) is 1. The molecular weight excluding hydrogens is 168 g/mol. The molecule has 0 aliphatic rings. The lowest BCUT2D eigenvalue weighted by molar-refractivity contribution is 0.201. The van der Waals surface area contributed by atoms with Crippen molar-refractivity contribution in [2.24, 2.45) is 0 Å². The van der Waals surface area contributed by atoms with Gasteiger partial charge in [-0.25, -0.2) is 4.98 Å². The summed E-state index contributed by atoms with van der Waals surface area (Å²) in [6.07, 6.45) is 1.67. The van der Waals surface area contributed by atoms with Gasteiger partial charge in [0.25, 0.3) is 0 Å². The molecule has 0 bridgehead atoms. The van der Waals surface area contributed by atoms with E-state index >= 15 is 0 Å². The van der Waals surface area contributed by atoms with Gasteiger partial charge in [-0.05, 0) is 13.0 Å². The van der Waals surface area contributed by atoms with Gasteiger partial charge in [-0.2, -0.15) is 0 Å². The zero-order valence-electron chi connectivity index (χ0n) is 7.66. The average Bonchev–Trinajstić information content (AvgIpc) is 2.16. The van der Waals surface area contributed by atoms with Crippen molar-refractivity contribution in [1.29, 1.82) is 0 Å². The maximum atomic E-state index is 8.54. The van der Waals surface area contributed by atoms with Crippen LogP contribution in [0.4, 0.5) is 5.82 Å². The van der Waals surface area contributed by atoms with E-state index < -0.39 is 0 Å². The molecule has 0 radical (unpaired) electrons. The van der Waals surface area contributed by atoms with Gasteiger partial charge in [-0.15, -0.1) is 0 Å². The Bertz CT molecular complexity index is 253. The van der Waals surface area contributed by atoms with Gasteiger partial charge in [0, 0.05) is 18.8 Å². The van der Waals surface area contributed by atoms with Crippen molar-refractivity contribution in [3.63, 3.8) is 0 Å². The fraction of sp³-hybridized carbons (Fsp3) is 0.444. The summed E-state index contributed by atoms with van der Waals surface area (Å²) in [5, 5.41) is 11.6. The van der Waals surface area contributed by atoms with Crippen LogP contribution < -0.4 is 10.1 Å². The summed E-state index contributed by atoms with van der Waals surface area (Å²) in [6.45, 7) is 3.17. The Morgan fingerprint density at radius 1 is 1.62 bits per heavy atom. The van der Waals surface area contributed by atoms with Gasteiger partial charge in [-0.3, -0.25) is 0 Å². The number of aliphatic hydroxyl groups excluding tert-OH is 1. The minimum Gasteiger partial charge on any atom is -0.491 e. The van der Waals surface area contributed by atoms with E-state index in [-0.39, 0.29) is 6.61 Å². The third-order valence-corrected chi connectivity index (χ3v) is 1.45. The van der Waals surface area contributed by atoms with Crippen LogP contribution in [0.15, 0.2) is 18.3 Å². The second kappa shape index (κ2) is 5.37. The summed E-state index contributed by atoms with van der Waals surface area (Å²) in [6, 6.07) is 3.57. The molecule has 0 aromatic carbocycles. The molecule has 0 aliphatic heterocycles. The van der Waals surface area contributed by atoms with Crippen LogP contribution in [-0.2, 0) is 0 Å². The first-order valence-corrected chi connectivity index (χ1v) is 4.30. The molecular formula is C9H14N2O2.